The lowest BCUT2D eigenvalue weighted by atomic mass is 10.0. The van der Waals surface area contributed by atoms with Gasteiger partial charge in [0.1, 0.15) is 11.5 Å². The summed E-state index contributed by atoms with van der Waals surface area (Å²) < 4.78 is 54.0. The minimum absolute atomic E-state index is 0.0658. The maximum absolute atomic E-state index is 14.5. The third-order valence-electron chi connectivity index (χ3n) is 6.92. The molecule has 0 atom stereocenters. The van der Waals surface area contributed by atoms with Gasteiger partial charge < -0.3 is 9.47 Å². The van der Waals surface area contributed by atoms with Gasteiger partial charge in [0, 0.05) is 0 Å². The van der Waals surface area contributed by atoms with Gasteiger partial charge in [-0.05, 0) is 71.9 Å². The number of hydrogen-bond donors (Lipinski definition) is 0. The summed E-state index contributed by atoms with van der Waals surface area (Å²) in [5.41, 5.74) is 3.25. The van der Waals surface area contributed by atoms with Gasteiger partial charge in [-0.1, -0.05) is 114 Å². The molecule has 0 saturated carbocycles. The largest absolute Gasteiger partial charge is 0.494 e. The molecule has 0 bridgehead atoms. The standard InChI is InChI=1S/C35H43F3O2/c1-3-5-7-9-10-11-13-28-16-22-33(23-17-28)40-35(37,38)34(36)27-29-14-18-30(19-15-29)31-20-24-32(25-21-31)39-26-12-8-6-4-2/h14-25,27H,3-13,26H2,1-2H3/b34-27-. The van der Waals surface area contributed by atoms with Crippen LogP contribution in [0.25, 0.3) is 17.2 Å². The third kappa shape index (κ3) is 10.7. The lowest BCUT2D eigenvalue weighted by Crippen LogP contribution is -2.25. The SMILES string of the molecule is CCCCCCCCc1ccc(OC(F)(F)/C(F)=C/c2ccc(-c3ccc(OCCCCCC)cc3)cc2)cc1. The van der Waals surface area contributed by atoms with E-state index in [1.165, 1.54) is 57.1 Å². The van der Waals surface area contributed by atoms with Crippen molar-refractivity contribution in [3.63, 3.8) is 0 Å². The fraction of sp³-hybridized carbons (Fsp3) is 0.429. The second kappa shape index (κ2) is 16.8. The molecule has 0 aromatic heterocycles. The average molecular weight is 553 g/mol. The van der Waals surface area contributed by atoms with Gasteiger partial charge in [-0.15, -0.1) is 0 Å². The first kappa shape index (κ1) is 31.3. The van der Waals surface area contributed by atoms with E-state index in [1.54, 1.807) is 36.4 Å². The fourth-order valence-corrected chi connectivity index (χ4v) is 4.49. The molecule has 3 rings (SSSR count). The number of aryl methyl sites for hydroxylation is 1. The average Bonchev–Trinajstić information content (AvgIpc) is 2.96. The molecule has 3 aromatic rings. The quantitative estimate of drug-likeness (QED) is 0.146. The number of rotatable bonds is 18. The van der Waals surface area contributed by atoms with Crippen LogP contribution < -0.4 is 9.47 Å². The van der Waals surface area contributed by atoms with E-state index in [1.807, 2.05) is 24.3 Å². The van der Waals surface area contributed by atoms with Crippen LogP contribution >= 0.6 is 0 Å². The molecule has 216 valence electrons. The Morgan fingerprint density at radius 3 is 1.80 bits per heavy atom. The first-order chi connectivity index (χ1) is 19.4. The predicted octanol–water partition coefficient (Wildman–Crippen LogP) is 11.2. The number of halogens is 3. The molecule has 0 unspecified atom stereocenters. The molecule has 0 N–H and O–H groups in total. The van der Waals surface area contributed by atoms with E-state index >= 15 is 0 Å². The first-order valence-corrected chi connectivity index (χ1v) is 14.8. The van der Waals surface area contributed by atoms with Crippen molar-refractivity contribution >= 4 is 6.08 Å². The summed E-state index contributed by atoms with van der Waals surface area (Å²) in [5, 5.41) is 0. The lowest BCUT2D eigenvalue weighted by molar-refractivity contribution is -0.155. The Bertz CT molecular complexity index is 1140. The number of ether oxygens (including phenoxy) is 2. The fourth-order valence-electron chi connectivity index (χ4n) is 4.49. The van der Waals surface area contributed by atoms with Gasteiger partial charge in [0.15, 0.2) is 0 Å². The van der Waals surface area contributed by atoms with Crippen LogP contribution in [0.4, 0.5) is 13.2 Å². The Labute approximate surface area is 238 Å². The maximum Gasteiger partial charge on any atom is 0.454 e. The van der Waals surface area contributed by atoms with Crippen molar-refractivity contribution < 1.29 is 22.6 Å². The molecule has 0 aliphatic carbocycles. The van der Waals surface area contributed by atoms with Crippen LogP contribution in [0.5, 0.6) is 11.5 Å². The minimum atomic E-state index is -4.06. The highest BCUT2D eigenvalue weighted by atomic mass is 19.3. The van der Waals surface area contributed by atoms with Gasteiger partial charge >= 0.3 is 6.11 Å². The maximum atomic E-state index is 14.5. The van der Waals surface area contributed by atoms with Crippen molar-refractivity contribution in [2.75, 3.05) is 6.61 Å². The Morgan fingerprint density at radius 1 is 0.650 bits per heavy atom. The predicted molar refractivity (Wildman–Crippen MR) is 160 cm³/mol. The Morgan fingerprint density at radius 2 is 1.18 bits per heavy atom. The highest BCUT2D eigenvalue weighted by Crippen LogP contribution is 2.32. The molecule has 0 radical (unpaired) electrons. The molecule has 0 amide bonds. The number of unbranched alkanes of at least 4 members (excludes halogenated alkanes) is 8. The van der Waals surface area contributed by atoms with E-state index in [-0.39, 0.29) is 5.75 Å². The summed E-state index contributed by atoms with van der Waals surface area (Å²) in [6.45, 7) is 5.07. The smallest absolute Gasteiger partial charge is 0.454 e. The molecule has 40 heavy (non-hydrogen) atoms. The molecule has 0 saturated heterocycles. The second-order valence-electron chi connectivity index (χ2n) is 10.3. The molecule has 3 aromatic carbocycles. The Kier molecular flexibility index (Phi) is 13.1. The van der Waals surface area contributed by atoms with Crippen LogP contribution in [0.3, 0.4) is 0 Å². The van der Waals surface area contributed by atoms with Crippen molar-refractivity contribution in [3.8, 4) is 22.6 Å². The van der Waals surface area contributed by atoms with Crippen molar-refractivity contribution in [1.29, 1.82) is 0 Å². The normalized spacial score (nSPS) is 12.0. The van der Waals surface area contributed by atoms with E-state index in [9.17, 15) is 13.2 Å². The van der Waals surface area contributed by atoms with Crippen LogP contribution in [0.15, 0.2) is 78.6 Å². The van der Waals surface area contributed by atoms with E-state index < -0.39 is 11.9 Å². The monoisotopic (exact) mass is 552 g/mol. The number of alkyl halides is 2. The highest BCUT2D eigenvalue weighted by Gasteiger charge is 2.38. The van der Waals surface area contributed by atoms with Crippen LogP contribution in [-0.4, -0.2) is 12.7 Å². The highest BCUT2D eigenvalue weighted by molar-refractivity contribution is 5.66. The summed E-state index contributed by atoms with van der Waals surface area (Å²) in [4.78, 5) is 0. The molecular formula is C35H43F3O2. The van der Waals surface area contributed by atoms with E-state index in [0.717, 1.165) is 54.2 Å². The Balaban J connectivity index is 1.51. The number of hydrogen-bond acceptors (Lipinski definition) is 2. The van der Waals surface area contributed by atoms with Crippen LogP contribution in [0.1, 0.15) is 89.2 Å². The summed E-state index contributed by atoms with van der Waals surface area (Å²) in [7, 11) is 0. The lowest BCUT2D eigenvalue weighted by Gasteiger charge is -2.16. The van der Waals surface area contributed by atoms with Crippen LogP contribution in [0.2, 0.25) is 0 Å². The van der Waals surface area contributed by atoms with Crippen LogP contribution in [0, 0.1) is 0 Å². The minimum Gasteiger partial charge on any atom is -0.494 e. The van der Waals surface area contributed by atoms with Gasteiger partial charge in [-0.2, -0.15) is 8.78 Å². The van der Waals surface area contributed by atoms with Gasteiger partial charge in [-0.25, -0.2) is 4.39 Å². The summed E-state index contributed by atoms with van der Waals surface area (Å²) in [5.74, 6) is -0.891. The van der Waals surface area contributed by atoms with Gasteiger partial charge in [-0.3, -0.25) is 0 Å². The molecule has 0 fully saturated rings. The first-order valence-electron chi connectivity index (χ1n) is 14.8. The zero-order valence-corrected chi connectivity index (χ0v) is 23.9. The molecule has 0 aliphatic rings. The van der Waals surface area contributed by atoms with Crippen LogP contribution in [-0.2, 0) is 6.42 Å². The molecule has 0 aliphatic heterocycles. The van der Waals surface area contributed by atoms with Gasteiger partial charge in [0.25, 0.3) is 0 Å². The molecule has 0 spiro atoms. The summed E-state index contributed by atoms with van der Waals surface area (Å²) in [6.07, 6.45) is 9.44. The Hall–Kier alpha value is -3.21. The molecule has 5 heteroatoms. The summed E-state index contributed by atoms with van der Waals surface area (Å²) >= 11 is 0. The third-order valence-corrected chi connectivity index (χ3v) is 6.92. The van der Waals surface area contributed by atoms with E-state index in [4.69, 9.17) is 9.47 Å². The number of benzene rings is 3. The second-order valence-corrected chi connectivity index (χ2v) is 10.3. The summed E-state index contributed by atoms with van der Waals surface area (Å²) in [6, 6.07) is 21.0. The van der Waals surface area contributed by atoms with Gasteiger partial charge in [0.2, 0.25) is 5.83 Å². The molecule has 0 heterocycles. The van der Waals surface area contributed by atoms with E-state index in [2.05, 4.69) is 13.8 Å². The van der Waals surface area contributed by atoms with Crippen molar-refractivity contribution in [2.45, 2.75) is 90.6 Å². The van der Waals surface area contributed by atoms with Crippen molar-refractivity contribution in [2.24, 2.45) is 0 Å². The van der Waals surface area contributed by atoms with Crippen molar-refractivity contribution in [1.82, 2.24) is 0 Å². The molecule has 2 nitrogen and oxygen atoms in total. The van der Waals surface area contributed by atoms with Crippen molar-refractivity contribution in [3.05, 3.63) is 89.8 Å². The molecular weight excluding hydrogens is 509 g/mol. The zero-order chi connectivity index (χ0) is 28.6. The topological polar surface area (TPSA) is 18.5 Å². The van der Waals surface area contributed by atoms with E-state index in [0.29, 0.717) is 12.2 Å². The zero-order valence-electron chi connectivity index (χ0n) is 23.9. The van der Waals surface area contributed by atoms with Gasteiger partial charge in [0.05, 0.1) is 6.61 Å².